The lowest BCUT2D eigenvalue weighted by molar-refractivity contribution is -0.142. The number of urea groups is 1. The molecule has 20 heavy (non-hydrogen) atoms. The number of aliphatic carboxylic acids is 1. The number of amides is 2. The molecule has 0 spiro atoms. The average Bonchev–Trinajstić information content (AvgIpc) is 3.11. The summed E-state index contributed by atoms with van der Waals surface area (Å²) in [6.45, 7) is 2.26. The second-order valence-electron chi connectivity index (χ2n) is 5.79. The third-order valence-corrected chi connectivity index (χ3v) is 4.08. The Morgan fingerprint density at radius 1 is 1.15 bits per heavy atom. The molecular formula is C14H24N2O4. The van der Waals surface area contributed by atoms with E-state index in [2.05, 4.69) is 10.6 Å². The first-order valence-electron chi connectivity index (χ1n) is 7.49. The van der Waals surface area contributed by atoms with Crippen LogP contribution in [-0.2, 0) is 9.53 Å². The minimum absolute atomic E-state index is 0.0596. The fourth-order valence-corrected chi connectivity index (χ4v) is 2.66. The first-order chi connectivity index (χ1) is 9.66. The summed E-state index contributed by atoms with van der Waals surface area (Å²) >= 11 is 0. The van der Waals surface area contributed by atoms with Gasteiger partial charge < -0.3 is 20.5 Å². The number of hydrogen-bond acceptors (Lipinski definition) is 3. The van der Waals surface area contributed by atoms with E-state index >= 15 is 0 Å². The maximum Gasteiger partial charge on any atom is 0.314 e. The molecule has 2 atom stereocenters. The summed E-state index contributed by atoms with van der Waals surface area (Å²) < 4.78 is 5.41. The fourth-order valence-electron chi connectivity index (χ4n) is 2.66. The lowest BCUT2D eigenvalue weighted by atomic mass is 9.96. The Balaban J connectivity index is 1.51. The van der Waals surface area contributed by atoms with Gasteiger partial charge in [0.1, 0.15) is 0 Å². The highest BCUT2D eigenvalue weighted by molar-refractivity contribution is 5.74. The van der Waals surface area contributed by atoms with Crippen molar-refractivity contribution < 1.29 is 19.4 Å². The molecule has 0 aliphatic heterocycles. The van der Waals surface area contributed by atoms with Crippen LogP contribution in [0.2, 0.25) is 0 Å². The first kappa shape index (κ1) is 15.1. The Morgan fingerprint density at radius 2 is 1.95 bits per heavy atom. The normalized spacial score (nSPS) is 25.4. The highest BCUT2D eigenvalue weighted by atomic mass is 16.5. The second-order valence-corrected chi connectivity index (χ2v) is 5.79. The van der Waals surface area contributed by atoms with E-state index in [0.717, 1.165) is 31.8 Å². The Hall–Kier alpha value is -1.30. The van der Waals surface area contributed by atoms with Crippen LogP contribution in [0.4, 0.5) is 4.79 Å². The van der Waals surface area contributed by atoms with Gasteiger partial charge >= 0.3 is 12.0 Å². The molecule has 0 heterocycles. The van der Waals surface area contributed by atoms with Crippen molar-refractivity contribution in [2.75, 3.05) is 26.3 Å². The third kappa shape index (κ3) is 5.00. The van der Waals surface area contributed by atoms with Crippen LogP contribution in [0.3, 0.4) is 0 Å². The second kappa shape index (κ2) is 7.47. The average molecular weight is 284 g/mol. The van der Waals surface area contributed by atoms with E-state index in [1.165, 1.54) is 12.8 Å². The Kier molecular flexibility index (Phi) is 5.64. The zero-order valence-electron chi connectivity index (χ0n) is 11.8. The molecule has 0 bridgehead atoms. The fraction of sp³-hybridized carbons (Fsp3) is 0.857. The molecular weight excluding hydrogens is 260 g/mol. The Bertz CT molecular complexity index is 344. The molecule has 0 aromatic heterocycles. The summed E-state index contributed by atoms with van der Waals surface area (Å²) in [6, 6.07) is -0.240. The number of carbonyl (C=O) groups is 2. The summed E-state index contributed by atoms with van der Waals surface area (Å²) in [6.07, 6.45) is 5.06. The summed E-state index contributed by atoms with van der Waals surface area (Å²) in [4.78, 5) is 22.6. The van der Waals surface area contributed by atoms with Gasteiger partial charge in [0.2, 0.25) is 0 Å². The molecule has 2 rings (SSSR count). The minimum atomic E-state index is -0.747. The van der Waals surface area contributed by atoms with Crippen molar-refractivity contribution in [3.8, 4) is 0 Å². The smallest absolute Gasteiger partial charge is 0.314 e. The van der Waals surface area contributed by atoms with E-state index in [9.17, 15) is 9.59 Å². The van der Waals surface area contributed by atoms with Gasteiger partial charge in [0.25, 0.3) is 0 Å². The quantitative estimate of drug-likeness (QED) is 0.585. The van der Waals surface area contributed by atoms with Gasteiger partial charge in [-0.15, -0.1) is 0 Å². The van der Waals surface area contributed by atoms with Crippen molar-refractivity contribution in [2.24, 2.45) is 17.8 Å². The molecule has 2 amide bonds. The molecule has 6 heteroatoms. The van der Waals surface area contributed by atoms with Gasteiger partial charge in [-0.2, -0.15) is 0 Å². The van der Waals surface area contributed by atoms with Crippen LogP contribution in [0.5, 0.6) is 0 Å². The first-order valence-corrected chi connectivity index (χ1v) is 7.49. The molecule has 114 valence electrons. The zero-order valence-corrected chi connectivity index (χ0v) is 11.8. The van der Waals surface area contributed by atoms with Crippen molar-refractivity contribution in [1.29, 1.82) is 0 Å². The topological polar surface area (TPSA) is 87.7 Å². The van der Waals surface area contributed by atoms with Gasteiger partial charge in [-0.05, 0) is 37.5 Å². The van der Waals surface area contributed by atoms with Gasteiger partial charge in [-0.25, -0.2) is 4.79 Å². The highest BCUT2D eigenvalue weighted by Crippen LogP contribution is 2.31. The van der Waals surface area contributed by atoms with Crippen LogP contribution in [-0.4, -0.2) is 43.4 Å². The molecule has 2 aliphatic carbocycles. The number of hydrogen-bond donors (Lipinski definition) is 3. The van der Waals surface area contributed by atoms with Crippen molar-refractivity contribution in [3.05, 3.63) is 0 Å². The van der Waals surface area contributed by atoms with Crippen molar-refractivity contribution >= 4 is 12.0 Å². The van der Waals surface area contributed by atoms with Gasteiger partial charge in [0, 0.05) is 19.7 Å². The van der Waals surface area contributed by atoms with E-state index < -0.39 is 5.97 Å². The van der Waals surface area contributed by atoms with Gasteiger partial charge in [0.05, 0.1) is 12.5 Å². The third-order valence-electron chi connectivity index (χ3n) is 4.08. The van der Waals surface area contributed by atoms with Crippen LogP contribution >= 0.6 is 0 Å². The lowest BCUT2D eigenvalue weighted by Gasteiger charge is -2.16. The number of ether oxygens (including phenoxy) is 1. The van der Waals surface area contributed by atoms with Gasteiger partial charge in [-0.3, -0.25) is 4.79 Å². The van der Waals surface area contributed by atoms with Crippen LogP contribution in [0.15, 0.2) is 0 Å². The molecule has 6 nitrogen and oxygen atoms in total. The van der Waals surface area contributed by atoms with Gasteiger partial charge in [-0.1, -0.05) is 6.42 Å². The maximum atomic E-state index is 11.6. The van der Waals surface area contributed by atoms with Crippen LogP contribution < -0.4 is 10.6 Å². The lowest BCUT2D eigenvalue weighted by Crippen LogP contribution is -2.40. The standard InChI is InChI=1S/C14H24N2O4/c17-13(18)12-3-1-2-11(12)8-16-14(19)15-6-7-20-9-10-4-5-10/h10-12H,1-9H2,(H,17,18)(H2,15,16,19). The van der Waals surface area contributed by atoms with Crippen LogP contribution in [0.1, 0.15) is 32.1 Å². The van der Waals surface area contributed by atoms with Crippen LogP contribution in [0, 0.1) is 17.8 Å². The summed E-state index contributed by atoms with van der Waals surface area (Å²) in [5.74, 6) is -0.260. The van der Waals surface area contributed by atoms with Crippen molar-refractivity contribution in [2.45, 2.75) is 32.1 Å². The summed E-state index contributed by atoms with van der Waals surface area (Å²) in [5, 5.41) is 14.5. The van der Waals surface area contributed by atoms with Crippen LogP contribution in [0.25, 0.3) is 0 Å². The minimum Gasteiger partial charge on any atom is -0.481 e. The molecule has 0 saturated heterocycles. The molecule has 0 radical (unpaired) electrons. The molecule has 0 aromatic rings. The SMILES string of the molecule is O=C(NCCOCC1CC1)NCC1CCCC1C(=O)O. The number of rotatable bonds is 8. The zero-order chi connectivity index (χ0) is 14.4. The predicted molar refractivity (Wildman–Crippen MR) is 73.4 cm³/mol. The maximum absolute atomic E-state index is 11.6. The van der Waals surface area contributed by atoms with E-state index in [-0.39, 0.29) is 17.9 Å². The predicted octanol–water partition coefficient (Wildman–Crippen LogP) is 1.21. The van der Waals surface area contributed by atoms with E-state index in [4.69, 9.17) is 9.84 Å². The Labute approximate surface area is 119 Å². The monoisotopic (exact) mass is 284 g/mol. The molecule has 2 aliphatic rings. The van der Waals surface area contributed by atoms with Crippen molar-refractivity contribution in [3.63, 3.8) is 0 Å². The number of carboxylic acids is 1. The molecule has 2 unspecified atom stereocenters. The number of carbonyl (C=O) groups excluding carboxylic acids is 1. The van der Waals surface area contributed by atoms with E-state index in [0.29, 0.717) is 19.7 Å². The van der Waals surface area contributed by atoms with Gasteiger partial charge in [0.15, 0.2) is 0 Å². The van der Waals surface area contributed by atoms with E-state index in [1.807, 2.05) is 0 Å². The highest BCUT2D eigenvalue weighted by Gasteiger charge is 2.32. The molecule has 3 N–H and O–H groups in total. The summed E-state index contributed by atoms with van der Waals surface area (Å²) in [5.41, 5.74) is 0. The van der Waals surface area contributed by atoms with E-state index in [1.54, 1.807) is 0 Å². The molecule has 2 fully saturated rings. The van der Waals surface area contributed by atoms with Crippen molar-refractivity contribution in [1.82, 2.24) is 10.6 Å². The molecule has 0 aromatic carbocycles. The Morgan fingerprint density at radius 3 is 2.65 bits per heavy atom. The number of nitrogens with one attached hydrogen (secondary N) is 2. The number of carboxylic acid groups (broad SMARTS) is 1. The summed E-state index contributed by atoms with van der Waals surface area (Å²) in [7, 11) is 0. The largest absolute Gasteiger partial charge is 0.481 e. The molecule has 2 saturated carbocycles.